The maximum Gasteiger partial charge on any atom is 0.251 e. The molecular formula is C16H21ClFN5O. The maximum absolute atomic E-state index is 12.8. The van der Waals surface area contributed by atoms with Crippen LogP contribution in [0.25, 0.3) is 0 Å². The third kappa shape index (κ3) is 4.75. The molecule has 0 radical (unpaired) electrons. The fourth-order valence-electron chi connectivity index (χ4n) is 2.70. The first-order chi connectivity index (χ1) is 11.2. The molecule has 130 valence electrons. The van der Waals surface area contributed by atoms with Crippen LogP contribution in [0.15, 0.2) is 30.5 Å². The van der Waals surface area contributed by atoms with E-state index in [2.05, 4.69) is 20.9 Å². The van der Waals surface area contributed by atoms with Gasteiger partial charge in [-0.2, -0.15) is 0 Å². The fraction of sp³-hybridized carbons (Fsp3) is 0.438. The molecule has 1 saturated heterocycles. The minimum atomic E-state index is -0.353. The van der Waals surface area contributed by atoms with Crippen LogP contribution in [-0.4, -0.2) is 40.5 Å². The van der Waals surface area contributed by atoms with Gasteiger partial charge >= 0.3 is 0 Å². The zero-order valence-electron chi connectivity index (χ0n) is 13.2. The average Bonchev–Trinajstić information content (AvgIpc) is 3.05. The third-order valence-corrected chi connectivity index (χ3v) is 4.00. The summed E-state index contributed by atoms with van der Waals surface area (Å²) in [6.07, 6.45) is 4.24. The van der Waals surface area contributed by atoms with Gasteiger partial charge in [0.1, 0.15) is 5.82 Å². The van der Waals surface area contributed by atoms with Gasteiger partial charge in [0.15, 0.2) is 0 Å². The van der Waals surface area contributed by atoms with Crippen molar-refractivity contribution in [3.63, 3.8) is 0 Å². The van der Waals surface area contributed by atoms with E-state index >= 15 is 0 Å². The quantitative estimate of drug-likeness (QED) is 0.858. The van der Waals surface area contributed by atoms with Gasteiger partial charge in [-0.3, -0.25) is 9.48 Å². The van der Waals surface area contributed by atoms with Crippen molar-refractivity contribution in [3.05, 3.63) is 47.5 Å². The Morgan fingerprint density at radius 1 is 1.38 bits per heavy atom. The molecule has 1 aliphatic heterocycles. The summed E-state index contributed by atoms with van der Waals surface area (Å²) in [5.41, 5.74) is 1.45. The van der Waals surface area contributed by atoms with Crippen LogP contribution in [0.5, 0.6) is 0 Å². The van der Waals surface area contributed by atoms with Crippen molar-refractivity contribution >= 4 is 18.3 Å². The lowest BCUT2D eigenvalue weighted by Gasteiger charge is -2.20. The average molecular weight is 354 g/mol. The highest BCUT2D eigenvalue weighted by Gasteiger charge is 2.18. The Labute approximate surface area is 146 Å². The Bertz CT molecular complexity index is 655. The van der Waals surface area contributed by atoms with Crippen LogP contribution in [0, 0.1) is 5.82 Å². The first-order valence-corrected chi connectivity index (χ1v) is 7.87. The number of benzene rings is 1. The van der Waals surface area contributed by atoms with Crippen LogP contribution >= 0.6 is 12.4 Å². The topological polar surface area (TPSA) is 71.8 Å². The molecule has 0 spiro atoms. The molecule has 1 fully saturated rings. The van der Waals surface area contributed by atoms with Crippen LogP contribution in [-0.2, 0) is 6.54 Å². The summed E-state index contributed by atoms with van der Waals surface area (Å²) in [4.78, 5) is 11.9. The van der Waals surface area contributed by atoms with Gasteiger partial charge in [0.25, 0.3) is 5.91 Å². The summed E-state index contributed by atoms with van der Waals surface area (Å²) in [7, 11) is 0. The van der Waals surface area contributed by atoms with Gasteiger partial charge in [0.2, 0.25) is 0 Å². The van der Waals surface area contributed by atoms with Gasteiger partial charge in [-0.25, -0.2) is 4.39 Å². The largest absolute Gasteiger partial charge is 0.350 e. The number of aromatic nitrogens is 3. The smallest absolute Gasteiger partial charge is 0.251 e. The Balaban J connectivity index is 0.00000208. The Morgan fingerprint density at radius 2 is 2.17 bits per heavy atom. The lowest BCUT2D eigenvalue weighted by molar-refractivity contribution is 0.0952. The molecule has 2 aromatic rings. The molecule has 0 bridgehead atoms. The van der Waals surface area contributed by atoms with Crippen molar-refractivity contribution in [1.29, 1.82) is 0 Å². The molecule has 1 unspecified atom stereocenters. The van der Waals surface area contributed by atoms with Crippen molar-refractivity contribution in [3.8, 4) is 0 Å². The zero-order valence-corrected chi connectivity index (χ0v) is 14.1. The Kier molecular flexibility index (Phi) is 6.69. The van der Waals surface area contributed by atoms with Crippen molar-refractivity contribution in [2.24, 2.45) is 0 Å². The molecule has 24 heavy (non-hydrogen) atoms. The molecule has 1 aromatic carbocycles. The van der Waals surface area contributed by atoms with E-state index in [0.29, 0.717) is 24.6 Å². The molecule has 2 heterocycles. The van der Waals surface area contributed by atoms with E-state index in [9.17, 15) is 9.18 Å². The number of amides is 1. The van der Waals surface area contributed by atoms with Gasteiger partial charge in [0, 0.05) is 30.8 Å². The van der Waals surface area contributed by atoms with Crippen molar-refractivity contribution in [2.75, 3.05) is 19.6 Å². The number of hydrogen-bond acceptors (Lipinski definition) is 4. The van der Waals surface area contributed by atoms with E-state index < -0.39 is 0 Å². The summed E-state index contributed by atoms with van der Waals surface area (Å²) in [5, 5.41) is 14.5. The van der Waals surface area contributed by atoms with Crippen LogP contribution in [0.1, 0.15) is 34.8 Å². The molecular weight excluding hydrogens is 333 g/mol. The van der Waals surface area contributed by atoms with E-state index in [1.165, 1.54) is 24.3 Å². The van der Waals surface area contributed by atoms with Crippen molar-refractivity contribution < 1.29 is 9.18 Å². The van der Waals surface area contributed by atoms with Crippen LogP contribution in [0.3, 0.4) is 0 Å². The molecule has 3 rings (SSSR count). The number of rotatable bonds is 5. The number of nitrogens with one attached hydrogen (secondary N) is 2. The van der Waals surface area contributed by atoms with Crippen LogP contribution in [0.4, 0.5) is 4.39 Å². The maximum atomic E-state index is 12.8. The Hall–Kier alpha value is -1.99. The number of nitrogens with zero attached hydrogens (tertiary/aromatic N) is 3. The number of hydrogen-bond donors (Lipinski definition) is 2. The van der Waals surface area contributed by atoms with Gasteiger partial charge < -0.3 is 10.6 Å². The first kappa shape index (κ1) is 18.4. The predicted molar refractivity (Wildman–Crippen MR) is 90.8 cm³/mol. The molecule has 1 aliphatic rings. The first-order valence-electron chi connectivity index (χ1n) is 7.87. The van der Waals surface area contributed by atoms with Crippen molar-refractivity contribution in [1.82, 2.24) is 25.6 Å². The number of carbonyl (C=O) groups is 1. The van der Waals surface area contributed by atoms with Gasteiger partial charge in [-0.05, 0) is 43.7 Å². The Morgan fingerprint density at radius 3 is 2.88 bits per heavy atom. The van der Waals surface area contributed by atoms with Crippen LogP contribution < -0.4 is 10.6 Å². The van der Waals surface area contributed by atoms with Crippen molar-refractivity contribution in [2.45, 2.75) is 25.3 Å². The minimum Gasteiger partial charge on any atom is -0.350 e. The molecule has 0 saturated carbocycles. The second kappa shape index (κ2) is 8.75. The highest BCUT2D eigenvalue weighted by Crippen LogP contribution is 2.20. The monoisotopic (exact) mass is 353 g/mol. The molecule has 1 atom stereocenters. The SMILES string of the molecule is Cl.O=C(NCCn1cc(C2CCCNC2)nn1)c1ccc(F)cc1. The molecule has 1 amide bonds. The summed E-state index contributed by atoms with van der Waals surface area (Å²) < 4.78 is 14.6. The van der Waals surface area contributed by atoms with E-state index in [1.54, 1.807) is 4.68 Å². The second-order valence-electron chi connectivity index (χ2n) is 5.71. The summed E-state index contributed by atoms with van der Waals surface area (Å²) in [5.74, 6) is -0.151. The predicted octanol–water partition coefficient (Wildman–Crippen LogP) is 1.74. The number of piperidine rings is 1. The molecule has 2 N–H and O–H groups in total. The molecule has 0 aliphatic carbocycles. The number of halogens is 2. The summed E-state index contributed by atoms with van der Waals surface area (Å²) >= 11 is 0. The highest BCUT2D eigenvalue weighted by atomic mass is 35.5. The van der Waals surface area contributed by atoms with E-state index in [1.807, 2.05) is 6.20 Å². The normalized spacial score (nSPS) is 17.1. The molecule has 1 aromatic heterocycles. The zero-order chi connectivity index (χ0) is 16.1. The van der Waals surface area contributed by atoms with E-state index in [0.717, 1.165) is 31.6 Å². The molecule has 6 nitrogen and oxygen atoms in total. The molecule has 8 heteroatoms. The standard InChI is InChI=1S/C16H20FN5O.ClH/c17-14-5-3-12(4-6-14)16(23)19-8-9-22-11-15(20-21-22)13-2-1-7-18-10-13;/h3-6,11,13,18H,1-2,7-10H2,(H,19,23);1H. The summed E-state index contributed by atoms with van der Waals surface area (Å²) in [6.45, 7) is 3.02. The van der Waals surface area contributed by atoms with E-state index in [4.69, 9.17) is 0 Å². The second-order valence-corrected chi connectivity index (χ2v) is 5.71. The van der Waals surface area contributed by atoms with E-state index in [-0.39, 0.29) is 24.1 Å². The fourth-order valence-corrected chi connectivity index (χ4v) is 2.70. The highest BCUT2D eigenvalue weighted by molar-refractivity contribution is 5.94. The summed E-state index contributed by atoms with van der Waals surface area (Å²) in [6, 6.07) is 5.48. The number of carbonyl (C=O) groups excluding carboxylic acids is 1. The van der Waals surface area contributed by atoms with Gasteiger partial charge in [-0.15, -0.1) is 17.5 Å². The van der Waals surface area contributed by atoms with Gasteiger partial charge in [-0.1, -0.05) is 5.21 Å². The van der Waals surface area contributed by atoms with Gasteiger partial charge in [0.05, 0.1) is 12.2 Å². The minimum absolute atomic E-state index is 0. The lowest BCUT2D eigenvalue weighted by atomic mass is 9.97. The third-order valence-electron chi connectivity index (χ3n) is 4.00. The van der Waals surface area contributed by atoms with Crippen LogP contribution in [0.2, 0.25) is 0 Å². The lowest BCUT2D eigenvalue weighted by Crippen LogP contribution is -2.28.